The summed E-state index contributed by atoms with van der Waals surface area (Å²) in [5.41, 5.74) is 1.79. The number of furan rings is 1. The number of hydrogen-bond donors (Lipinski definition) is 2. The molecule has 0 unspecified atom stereocenters. The van der Waals surface area contributed by atoms with E-state index in [0.717, 1.165) is 11.4 Å². The predicted octanol–water partition coefficient (Wildman–Crippen LogP) is 4.04. The molecule has 2 amide bonds. The first-order chi connectivity index (χ1) is 17.4. The van der Waals surface area contributed by atoms with Gasteiger partial charge in [0.05, 0.1) is 21.9 Å². The maximum absolute atomic E-state index is 12.7. The van der Waals surface area contributed by atoms with Crippen LogP contribution in [0, 0.1) is 10.1 Å². The van der Waals surface area contributed by atoms with E-state index in [-0.39, 0.29) is 33.8 Å². The number of thiocarbonyl (C=S) groups is 1. The molecule has 0 saturated carbocycles. The highest BCUT2D eigenvalue weighted by atomic mass is 32.1. The number of hydrogen-bond acceptors (Lipinski definition) is 7. The van der Waals surface area contributed by atoms with Crippen molar-refractivity contribution in [2.24, 2.45) is 0 Å². The van der Waals surface area contributed by atoms with Gasteiger partial charge in [-0.1, -0.05) is 31.2 Å². The molecule has 1 saturated heterocycles. The Bertz CT molecular complexity index is 1300. The minimum atomic E-state index is -0.582. The zero-order valence-corrected chi connectivity index (χ0v) is 20.4. The largest absolute Gasteiger partial charge is 0.451 e. The normalized spacial score (nSPS) is 13.2. The van der Waals surface area contributed by atoms with Gasteiger partial charge in [-0.2, -0.15) is 0 Å². The van der Waals surface area contributed by atoms with Crippen LogP contribution in [0.5, 0.6) is 0 Å². The van der Waals surface area contributed by atoms with E-state index in [2.05, 4.69) is 15.5 Å². The van der Waals surface area contributed by atoms with Crippen molar-refractivity contribution in [1.82, 2.24) is 10.2 Å². The zero-order valence-electron chi connectivity index (χ0n) is 19.6. The number of nitrogens with zero attached hydrogens (tertiary/aromatic N) is 3. The lowest BCUT2D eigenvalue weighted by Crippen LogP contribution is -2.48. The number of para-hydroxylation sites is 3. The average molecular weight is 508 g/mol. The fourth-order valence-corrected chi connectivity index (χ4v) is 4.24. The van der Waals surface area contributed by atoms with Crippen molar-refractivity contribution < 1.29 is 18.9 Å². The predicted molar refractivity (Wildman–Crippen MR) is 140 cm³/mol. The van der Waals surface area contributed by atoms with Crippen LogP contribution in [-0.4, -0.2) is 52.9 Å². The smallest absolute Gasteiger partial charge is 0.293 e. The van der Waals surface area contributed by atoms with Crippen LogP contribution in [0.2, 0.25) is 0 Å². The third kappa shape index (κ3) is 5.52. The Labute approximate surface area is 213 Å². The zero-order chi connectivity index (χ0) is 25.7. The summed E-state index contributed by atoms with van der Waals surface area (Å²) in [5.74, 6) is -0.260. The summed E-state index contributed by atoms with van der Waals surface area (Å²) in [6, 6.07) is 16.7. The number of carbonyl (C=O) groups excluding carboxylic acids is 2. The maximum atomic E-state index is 12.7. The van der Waals surface area contributed by atoms with E-state index in [9.17, 15) is 19.7 Å². The molecule has 10 nitrogen and oxygen atoms in total. The second kappa shape index (κ2) is 11.0. The number of amides is 2. The summed E-state index contributed by atoms with van der Waals surface area (Å²) in [6.07, 6.45) is 0.492. The summed E-state index contributed by atoms with van der Waals surface area (Å²) in [6.45, 7) is 4.51. The third-order valence-electron chi connectivity index (χ3n) is 5.85. The second-order valence-electron chi connectivity index (χ2n) is 8.08. The summed E-state index contributed by atoms with van der Waals surface area (Å²) in [4.78, 5) is 39.5. The molecule has 0 aliphatic carbocycles. The molecule has 0 atom stereocenters. The van der Waals surface area contributed by atoms with Gasteiger partial charge in [-0.25, -0.2) is 0 Å². The van der Waals surface area contributed by atoms with Crippen molar-refractivity contribution >= 4 is 46.2 Å². The average Bonchev–Trinajstić information content (AvgIpc) is 3.39. The molecule has 1 aliphatic heterocycles. The third-order valence-corrected chi connectivity index (χ3v) is 6.05. The van der Waals surface area contributed by atoms with E-state index < -0.39 is 10.8 Å². The Morgan fingerprint density at radius 1 is 1.03 bits per heavy atom. The fourth-order valence-electron chi connectivity index (χ4n) is 4.04. The lowest BCUT2D eigenvalue weighted by Gasteiger charge is -2.37. The molecule has 11 heteroatoms. The first kappa shape index (κ1) is 24.9. The van der Waals surface area contributed by atoms with E-state index >= 15 is 0 Å². The highest BCUT2D eigenvalue weighted by molar-refractivity contribution is 7.80. The quantitative estimate of drug-likeness (QED) is 0.291. The summed E-state index contributed by atoms with van der Waals surface area (Å²) >= 11 is 5.35. The Morgan fingerprint density at radius 2 is 1.72 bits per heavy atom. The minimum absolute atomic E-state index is 0.0303. The number of anilines is 2. The van der Waals surface area contributed by atoms with Gasteiger partial charge < -0.3 is 19.5 Å². The molecule has 2 heterocycles. The van der Waals surface area contributed by atoms with Gasteiger partial charge in [0.1, 0.15) is 5.76 Å². The van der Waals surface area contributed by atoms with Gasteiger partial charge in [0.2, 0.25) is 5.91 Å². The molecule has 0 bridgehead atoms. The van der Waals surface area contributed by atoms with Crippen LogP contribution in [0.4, 0.5) is 17.1 Å². The monoisotopic (exact) mass is 507 g/mol. The molecule has 1 aromatic heterocycles. The number of nitro groups is 1. The van der Waals surface area contributed by atoms with Crippen LogP contribution in [-0.2, 0) is 4.79 Å². The number of nitro benzene ring substituents is 1. The van der Waals surface area contributed by atoms with E-state index in [4.69, 9.17) is 16.6 Å². The highest BCUT2D eigenvalue weighted by Gasteiger charge is 2.23. The van der Waals surface area contributed by atoms with Crippen molar-refractivity contribution in [3.63, 3.8) is 0 Å². The number of rotatable bonds is 6. The molecular weight excluding hydrogens is 482 g/mol. The van der Waals surface area contributed by atoms with Gasteiger partial charge in [-0.05, 0) is 42.5 Å². The maximum Gasteiger partial charge on any atom is 0.293 e. The lowest BCUT2D eigenvalue weighted by atomic mass is 10.1. The molecule has 0 radical (unpaired) electrons. The Kier molecular flexibility index (Phi) is 7.59. The van der Waals surface area contributed by atoms with E-state index in [0.29, 0.717) is 32.6 Å². The Morgan fingerprint density at radius 3 is 2.44 bits per heavy atom. The summed E-state index contributed by atoms with van der Waals surface area (Å²) < 4.78 is 5.59. The molecule has 1 fully saturated rings. The Balaban J connectivity index is 1.41. The molecule has 3 aromatic rings. The van der Waals surface area contributed by atoms with Gasteiger partial charge in [0.15, 0.2) is 10.9 Å². The number of carbonyl (C=O) groups is 2. The highest BCUT2D eigenvalue weighted by Crippen LogP contribution is 2.31. The van der Waals surface area contributed by atoms with Crippen molar-refractivity contribution in [3.05, 3.63) is 76.5 Å². The molecule has 36 heavy (non-hydrogen) atoms. The van der Waals surface area contributed by atoms with E-state index in [1.807, 2.05) is 36.1 Å². The van der Waals surface area contributed by atoms with E-state index in [1.54, 1.807) is 18.2 Å². The number of piperazine rings is 1. The lowest BCUT2D eigenvalue weighted by molar-refractivity contribution is -0.384. The van der Waals surface area contributed by atoms with Gasteiger partial charge in [0, 0.05) is 38.7 Å². The van der Waals surface area contributed by atoms with Crippen LogP contribution < -0.4 is 15.5 Å². The summed E-state index contributed by atoms with van der Waals surface area (Å²) in [7, 11) is 0. The molecule has 186 valence electrons. The van der Waals surface area contributed by atoms with Crippen molar-refractivity contribution in [3.8, 4) is 11.3 Å². The Hall–Kier alpha value is -4.25. The first-order valence-electron chi connectivity index (χ1n) is 11.4. The van der Waals surface area contributed by atoms with E-state index in [1.165, 1.54) is 18.2 Å². The SMILES string of the molecule is CCC(=O)N1CCN(c2ccccc2NC(=S)NC(=O)c2ccc(-c3ccccc3[N+](=O)[O-])o2)CC1. The molecule has 2 N–H and O–H groups in total. The number of benzene rings is 2. The van der Waals surface area contributed by atoms with Crippen LogP contribution in [0.3, 0.4) is 0 Å². The molecule has 2 aromatic carbocycles. The standard InChI is InChI=1S/C25H25N5O5S/c1-2-23(31)29-15-13-28(14-16-29)20-10-6-4-8-18(20)26-25(36)27-24(32)22-12-11-21(35-22)17-7-3-5-9-19(17)30(33)34/h3-12H,2,13-16H2,1H3,(H2,26,27,32,36). The molecule has 0 spiro atoms. The molecular formula is C25H25N5O5S. The molecule has 1 aliphatic rings. The van der Waals surface area contributed by atoms with Crippen LogP contribution in [0.1, 0.15) is 23.9 Å². The van der Waals surface area contributed by atoms with Crippen molar-refractivity contribution in [2.75, 3.05) is 36.4 Å². The van der Waals surface area contributed by atoms with Crippen molar-refractivity contribution in [2.45, 2.75) is 13.3 Å². The van der Waals surface area contributed by atoms with Gasteiger partial charge in [-0.3, -0.25) is 25.0 Å². The topological polar surface area (TPSA) is 121 Å². The summed E-state index contributed by atoms with van der Waals surface area (Å²) in [5, 5.41) is 17.0. The first-order valence-corrected chi connectivity index (χ1v) is 11.9. The van der Waals surface area contributed by atoms with Crippen LogP contribution in [0.15, 0.2) is 65.1 Å². The fraction of sp³-hybridized carbons (Fsp3) is 0.240. The second-order valence-corrected chi connectivity index (χ2v) is 8.49. The van der Waals surface area contributed by atoms with Gasteiger partial charge >= 0.3 is 0 Å². The van der Waals surface area contributed by atoms with Gasteiger partial charge in [0.25, 0.3) is 11.6 Å². The number of nitrogens with one attached hydrogen (secondary N) is 2. The molecule has 4 rings (SSSR count). The van der Waals surface area contributed by atoms with Crippen molar-refractivity contribution in [1.29, 1.82) is 0 Å². The van der Waals surface area contributed by atoms with Gasteiger partial charge in [-0.15, -0.1) is 0 Å². The van der Waals surface area contributed by atoms with Crippen LogP contribution in [0.25, 0.3) is 11.3 Å². The minimum Gasteiger partial charge on any atom is -0.451 e. The van der Waals surface area contributed by atoms with Crippen LogP contribution >= 0.6 is 12.2 Å².